The van der Waals surface area contributed by atoms with E-state index in [0.717, 1.165) is 70.6 Å². The molecule has 1 unspecified atom stereocenters. The molecule has 0 radical (unpaired) electrons. The van der Waals surface area contributed by atoms with E-state index in [9.17, 15) is 14.4 Å². The Kier molecular flexibility index (Phi) is 52.3. The molecule has 0 rings (SSSR count). The van der Waals surface area contributed by atoms with Crippen molar-refractivity contribution in [1.29, 1.82) is 0 Å². The van der Waals surface area contributed by atoms with Gasteiger partial charge in [0.15, 0.2) is 6.10 Å². The van der Waals surface area contributed by atoms with Gasteiger partial charge in [0, 0.05) is 19.3 Å². The quantitative estimate of drug-likeness (QED) is 0.0262. The van der Waals surface area contributed by atoms with Gasteiger partial charge in [-0.15, -0.1) is 0 Å². The summed E-state index contributed by atoms with van der Waals surface area (Å²) in [6, 6.07) is 0. The van der Waals surface area contributed by atoms with Gasteiger partial charge in [-0.3, -0.25) is 14.4 Å². The van der Waals surface area contributed by atoms with Crippen LogP contribution in [0.2, 0.25) is 0 Å². The van der Waals surface area contributed by atoms with Crippen molar-refractivity contribution in [3.8, 4) is 0 Å². The number of rotatable bonds is 52. The standard InChI is InChI=1S/C59H108O6/c1-4-7-10-13-16-19-22-24-25-26-27-28-29-30-31-32-33-35-37-40-43-46-49-52-58(61)64-55-56(54-63-57(60)51-48-45-42-39-36-21-18-15-12-9-6-3)65-59(62)53-50-47-44-41-38-34-23-20-17-14-11-8-5-2/h20,22-24,26-27,56H,4-19,21,25,28-55H2,1-3H3/b23-20-,24-22-,27-26-. The van der Waals surface area contributed by atoms with E-state index in [1.54, 1.807) is 0 Å². The smallest absolute Gasteiger partial charge is 0.306 e. The van der Waals surface area contributed by atoms with Crippen LogP contribution in [0.1, 0.15) is 303 Å². The van der Waals surface area contributed by atoms with Crippen LogP contribution >= 0.6 is 0 Å². The molecule has 0 aromatic heterocycles. The second kappa shape index (κ2) is 54.2. The molecule has 0 aromatic rings. The first kappa shape index (κ1) is 62.6. The highest BCUT2D eigenvalue weighted by molar-refractivity contribution is 5.71. The SMILES string of the molecule is CCCCCC/C=C\CCCCCCCC(=O)OC(COC(=O)CCCCCCCCCCCCC)COC(=O)CCCCCCCCCCCCC/C=C\C/C=C\CCCCCCC. The molecule has 65 heavy (non-hydrogen) atoms. The number of carbonyl (C=O) groups excluding carboxylic acids is 3. The van der Waals surface area contributed by atoms with Gasteiger partial charge in [0.25, 0.3) is 0 Å². The predicted octanol–water partition coefficient (Wildman–Crippen LogP) is 18.9. The summed E-state index contributed by atoms with van der Waals surface area (Å²) in [5, 5.41) is 0. The first-order chi connectivity index (χ1) is 32.0. The molecule has 1 atom stereocenters. The monoisotopic (exact) mass is 913 g/mol. The third kappa shape index (κ3) is 52.5. The second-order valence-corrected chi connectivity index (χ2v) is 19.2. The van der Waals surface area contributed by atoms with Crippen LogP contribution in [-0.4, -0.2) is 37.2 Å². The van der Waals surface area contributed by atoms with Crippen molar-refractivity contribution in [3.05, 3.63) is 36.5 Å². The Balaban J connectivity index is 4.24. The summed E-state index contributed by atoms with van der Waals surface area (Å²) in [6.07, 6.45) is 64.2. The fourth-order valence-corrected chi connectivity index (χ4v) is 8.29. The minimum absolute atomic E-state index is 0.0726. The second-order valence-electron chi connectivity index (χ2n) is 19.2. The molecule has 0 heterocycles. The zero-order valence-corrected chi connectivity index (χ0v) is 43.5. The van der Waals surface area contributed by atoms with E-state index >= 15 is 0 Å². The molecule has 0 amide bonds. The lowest BCUT2D eigenvalue weighted by Crippen LogP contribution is -2.30. The summed E-state index contributed by atoms with van der Waals surface area (Å²) in [7, 11) is 0. The summed E-state index contributed by atoms with van der Waals surface area (Å²) in [6.45, 7) is 6.63. The molecule has 0 aliphatic carbocycles. The normalized spacial score (nSPS) is 12.2. The summed E-state index contributed by atoms with van der Waals surface area (Å²) in [5.74, 6) is -0.871. The minimum atomic E-state index is -0.773. The van der Waals surface area contributed by atoms with Crippen molar-refractivity contribution in [2.24, 2.45) is 0 Å². The van der Waals surface area contributed by atoms with Crippen LogP contribution in [0, 0.1) is 0 Å². The summed E-state index contributed by atoms with van der Waals surface area (Å²) in [5.41, 5.74) is 0. The van der Waals surface area contributed by atoms with Gasteiger partial charge < -0.3 is 14.2 Å². The van der Waals surface area contributed by atoms with Crippen molar-refractivity contribution in [2.45, 2.75) is 309 Å². The van der Waals surface area contributed by atoms with E-state index in [1.807, 2.05) is 0 Å². The lowest BCUT2D eigenvalue weighted by molar-refractivity contribution is -0.167. The first-order valence-electron chi connectivity index (χ1n) is 28.5. The highest BCUT2D eigenvalue weighted by atomic mass is 16.6. The molecule has 0 N–H and O–H groups in total. The average Bonchev–Trinajstić information content (AvgIpc) is 3.30. The molecule has 6 nitrogen and oxygen atoms in total. The van der Waals surface area contributed by atoms with Crippen molar-refractivity contribution in [3.63, 3.8) is 0 Å². The van der Waals surface area contributed by atoms with Crippen LogP contribution in [0.3, 0.4) is 0 Å². The number of hydrogen-bond donors (Lipinski definition) is 0. The fourth-order valence-electron chi connectivity index (χ4n) is 8.29. The summed E-state index contributed by atoms with van der Waals surface area (Å²) in [4.78, 5) is 38.0. The van der Waals surface area contributed by atoms with Crippen molar-refractivity contribution in [1.82, 2.24) is 0 Å². The Bertz CT molecular complexity index is 1090. The topological polar surface area (TPSA) is 78.9 Å². The Morgan fingerprint density at radius 2 is 0.554 bits per heavy atom. The van der Waals surface area contributed by atoms with Gasteiger partial charge in [0.05, 0.1) is 0 Å². The summed E-state index contributed by atoms with van der Waals surface area (Å²) >= 11 is 0. The highest BCUT2D eigenvalue weighted by Gasteiger charge is 2.19. The van der Waals surface area contributed by atoms with Crippen LogP contribution in [0.15, 0.2) is 36.5 Å². The van der Waals surface area contributed by atoms with Crippen LogP contribution in [0.5, 0.6) is 0 Å². The molecular formula is C59H108O6. The number of hydrogen-bond acceptors (Lipinski definition) is 6. The molecule has 380 valence electrons. The third-order valence-electron chi connectivity index (χ3n) is 12.6. The highest BCUT2D eigenvalue weighted by Crippen LogP contribution is 2.16. The zero-order chi connectivity index (χ0) is 47.2. The van der Waals surface area contributed by atoms with Gasteiger partial charge in [-0.25, -0.2) is 0 Å². The molecule has 0 spiro atoms. The molecule has 0 saturated heterocycles. The Morgan fingerprint density at radius 3 is 0.877 bits per heavy atom. The van der Waals surface area contributed by atoms with Gasteiger partial charge >= 0.3 is 17.9 Å². The van der Waals surface area contributed by atoms with Crippen molar-refractivity contribution in [2.75, 3.05) is 13.2 Å². The lowest BCUT2D eigenvalue weighted by atomic mass is 10.0. The average molecular weight is 914 g/mol. The molecule has 0 aliphatic heterocycles. The molecule has 6 heteroatoms. The van der Waals surface area contributed by atoms with E-state index in [0.29, 0.717) is 19.3 Å². The van der Waals surface area contributed by atoms with E-state index in [2.05, 4.69) is 57.2 Å². The zero-order valence-electron chi connectivity index (χ0n) is 43.5. The van der Waals surface area contributed by atoms with Gasteiger partial charge in [0.1, 0.15) is 13.2 Å². The maximum Gasteiger partial charge on any atom is 0.306 e. The third-order valence-corrected chi connectivity index (χ3v) is 12.6. The maximum absolute atomic E-state index is 12.8. The Labute approximate surface area is 404 Å². The molecule has 0 aliphatic rings. The molecule has 0 aromatic carbocycles. The number of unbranched alkanes of at least 4 members (excludes halogenated alkanes) is 35. The number of allylic oxidation sites excluding steroid dienone is 6. The van der Waals surface area contributed by atoms with Gasteiger partial charge in [-0.2, -0.15) is 0 Å². The van der Waals surface area contributed by atoms with Gasteiger partial charge in [0.2, 0.25) is 0 Å². The molecule has 0 saturated carbocycles. The van der Waals surface area contributed by atoms with Gasteiger partial charge in [-0.05, 0) is 77.0 Å². The number of carbonyl (C=O) groups is 3. The molecule has 0 fully saturated rings. The van der Waals surface area contributed by atoms with E-state index in [-0.39, 0.29) is 31.1 Å². The first-order valence-corrected chi connectivity index (χ1v) is 28.5. The minimum Gasteiger partial charge on any atom is -0.462 e. The van der Waals surface area contributed by atoms with E-state index < -0.39 is 6.10 Å². The predicted molar refractivity (Wildman–Crippen MR) is 279 cm³/mol. The Hall–Kier alpha value is -2.37. The van der Waals surface area contributed by atoms with E-state index in [1.165, 1.54) is 193 Å². The van der Waals surface area contributed by atoms with Crippen LogP contribution in [0.25, 0.3) is 0 Å². The Morgan fingerprint density at radius 1 is 0.308 bits per heavy atom. The molecule has 0 bridgehead atoms. The largest absolute Gasteiger partial charge is 0.462 e. The number of esters is 3. The van der Waals surface area contributed by atoms with E-state index in [4.69, 9.17) is 14.2 Å². The maximum atomic E-state index is 12.8. The lowest BCUT2D eigenvalue weighted by Gasteiger charge is -2.18. The van der Waals surface area contributed by atoms with Crippen LogP contribution in [-0.2, 0) is 28.6 Å². The van der Waals surface area contributed by atoms with Crippen molar-refractivity contribution >= 4 is 17.9 Å². The summed E-state index contributed by atoms with van der Waals surface area (Å²) < 4.78 is 16.8. The molecular weight excluding hydrogens is 805 g/mol. The fraction of sp³-hybridized carbons (Fsp3) is 0.847. The van der Waals surface area contributed by atoms with Gasteiger partial charge in [-0.1, -0.05) is 243 Å². The van der Waals surface area contributed by atoms with Crippen LogP contribution < -0.4 is 0 Å². The van der Waals surface area contributed by atoms with Crippen molar-refractivity contribution < 1.29 is 28.6 Å². The van der Waals surface area contributed by atoms with Crippen LogP contribution in [0.4, 0.5) is 0 Å². The number of ether oxygens (including phenoxy) is 3.